The minimum absolute atomic E-state index is 0.0197. The molecule has 0 atom stereocenters. The van der Waals surface area contributed by atoms with E-state index in [9.17, 15) is 4.79 Å². The third-order valence-corrected chi connectivity index (χ3v) is 2.12. The number of rotatable bonds is 2. The molecule has 0 aliphatic rings. The van der Waals surface area contributed by atoms with Crippen molar-refractivity contribution in [3.8, 4) is 5.75 Å². The second kappa shape index (κ2) is 3.14. The van der Waals surface area contributed by atoms with Crippen molar-refractivity contribution in [3.05, 3.63) is 24.0 Å². The Morgan fingerprint density at radius 2 is 2.36 bits per heavy atom. The first-order chi connectivity index (χ1) is 6.72. The van der Waals surface area contributed by atoms with Crippen LogP contribution in [0.15, 0.2) is 18.5 Å². The van der Waals surface area contributed by atoms with E-state index >= 15 is 0 Å². The van der Waals surface area contributed by atoms with E-state index in [1.807, 2.05) is 0 Å². The minimum atomic E-state index is 0.0197. The summed E-state index contributed by atoms with van der Waals surface area (Å²) < 4.78 is 5.04. The van der Waals surface area contributed by atoms with Crippen LogP contribution >= 0.6 is 0 Å². The average molecular weight is 190 g/mol. The monoisotopic (exact) mass is 190 g/mol. The summed E-state index contributed by atoms with van der Waals surface area (Å²) in [5, 5.41) is 0.803. The van der Waals surface area contributed by atoms with Crippen molar-refractivity contribution >= 4 is 16.8 Å². The van der Waals surface area contributed by atoms with Gasteiger partial charge in [-0.25, -0.2) is 4.98 Å². The molecule has 0 spiro atoms. The number of Topliss-reactive ketones (excluding diaryl/α,β-unsaturated/α-hetero) is 1. The molecule has 2 heterocycles. The second-order valence-corrected chi connectivity index (χ2v) is 3.03. The number of hydrogen-bond donors (Lipinski definition) is 1. The molecule has 4 nitrogen and oxygen atoms in total. The van der Waals surface area contributed by atoms with Gasteiger partial charge in [-0.3, -0.25) is 4.79 Å². The summed E-state index contributed by atoms with van der Waals surface area (Å²) in [6.07, 6.45) is 3.28. The first-order valence-corrected chi connectivity index (χ1v) is 4.24. The van der Waals surface area contributed by atoms with Gasteiger partial charge in [0.25, 0.3) is 0 Å². The fourth-order valence-electron chi connectivity index (χ4n) is 1.39. The summed E-state index contributed by atoms with van der Waals surface area (Å²) in [7, 11) is 1.57. The van der Waals surface area contributed by atoms with E-state index in [4.69, 9.17) is 4.74 Å². The van der Waals surface area contributed by atoms with Gasteiger partial charge >= 0.3 is 0 Å². The Morgan fingerprint density at radius 3 is 3.00 bits per heavy atom. The first kappa shape index (κ1) is 8.74. The van der Waals surface area contributed by atoms with E-state index in [2.05, 4.69) is 9.97 Å². The van der Waals surface area contributed by atoms with Gasteiger partial charge < -0.3 is 9.72 Å². The van der Waals surface area contributed by atoms with E-state index in [0.717, 1.165) is 5.39 Å². The van der Waals surface area contributed by atoms with Gasteiger partial charge in [0, 0.05) is 17.1 Å². The molecule has 2 rings (SSSR count). The van der Waals surface area contributed by atoms with E-state index < -0.39 is 0 Å². The lowest BCUT2D eigenvalue weighted by atomic mass is 10.1. The molecule has 72 valence electrons. The largest absolute Gasteiger partial charge is 0.495 e. The highest BCUT2D eigenvalue weighted by Crippen LogP contribution is 2.21. The molecule has 4 heteroatoms. The molecule has 0 saturated heterocycles. The SMILES string of the molecule is COc1cnc2[nH]cc(C(C)=O)c2c1. The Balaban J connectivity index is 2.69. The predicted molar refractivity (Wildman–Crippen MR) is 52.7 cm³/mol. The maximum Gasteiger partial charge on any atom is 0.162 e. The fraction of sp³-hybridized carbons (Fsp3) is 0.200. The van der Waals surface area contributed by atoms with E-state index in [0.29, 0.717) is 17.0 Å². The molecule has 0 bridgehead atoms. The zero-order valence-electron chi connectivity index (χ0n) is 8.00. The number of carbonyl (C=O) groups excluding carboxylic acids is 1. The smallest absolute Gasteiger partial charge is 0.162 e. The summed E-state index contributed by atoms with van der Waals surface area (Å²) in [6, 6.07) is 1.80. The van der Waals surface area contributed by atoms with Gasteiger partial charge in [-0.05, 0) is 13.0 Å². The Morgan fingerprint density at radius 1 is 1.57 bits per heavy atom. The highest BCUT2D eigenvalue weighted by molar-refractivity contribution is 6.06. The highest BCUT2D eigenvalue weighted by atomic mass is 16.5. The molecule has 2 aromatic heterocycles. The second-order valence-electron chi connectivity index (χ2n) is 3.03. The third kappa shape index (κ3) is 1.25. The summed E-state index contributed by atoms with van der Waals surface area (Å²) in [4.78, 5) is 18.3. The predicted octanol–water partition coefficient (Wildman–Crippen LogP) is 1.77. The van der Waals surface area contributed by atoms with Crippen molar-refractivity contribution in [2.45, 2.75) is 6.92 Å². The number of aromatic amines is 1. The lowest BCUT2D eigenvalue weighted by molar-refractivity contribution is 0.101. The van der Waals surface area contributed by atoms with Gasteiger partial charge in [0.2, 0.25) is 0 Å². The Bertz CT molecular complexity index is 488. The van der Waals surface area contributed by atoms with Gasteiger partial charge in [0.15, 0.2) is 5.78 Å². The van der Waals surface area contributed by atoms with E-state index in [1.165, 1.54) is 6.92 Å². The third-order valence-electron chi connectivity index (χ3n) is 2.12. The maximum atomic E-state index is 11.2. The number of nitrogens with zero attached hydrogens (tertiary/aromatic N) is 1. The molecule has 0 radical (unpaired) electrons. The van der Waals surface area contributed by atoms with Gasteiger partial charge in [0.1, 0.15) is 11.4 Å². The summed E-state index contributed by atoms with van der Waals surface area (Å²) in [6.45, 7) is 1.53. The van der Waals surface area contributed by atoms with Crippen molar-refractivity contribution in [3.63, 3.8) is 0 Å². The number of H-pyrrole nitrogens is 1. The topological polar surface area (TPSA) is 55.0 Å². The minimum Gasteiger partial charge on any atom is -0.495 e. The van der Waals surface area contributed by atoms with Crippen LogP contribution in [-0.4, -0.2) is 22.9 Å². The van der Waals surface area contributed by atoms with Crippen LogP contribution in [-0.2, 0) is 0 Å². The number of ether oxygens (including phenoxy) is 1. The Hall–Kier alpha value is -1.84. The van der Waals surface area contributed by atoms with Gasteiger partial charge in [0.05, 0.1) is 13.3 Å². The summed E-state index contributed by atoms with van der Waals surface area (Å²) in [5.74, 6) is 0.672. The standard InChI is InChI=1S/C10H10N2O2/c1-6(13)9-5-12-10-8(9)3-7(14-2)4-11-10/h3-5H,1-2H3,(H,11,12). The van der Waals surface area contributed by atoms with Crippen molar-refractivity contribution in [1.82, 2.24) is 9.97 Å². The number of hydrogen-bond acceptors (Lipinski definition) is 3. The zero-order valence-corrected chi connectivity index (χ0v) is 8.00. The number of pyridine rings is 1. The van der Waals surface area contributed by atoms with Crippen LogP contribution in [0.25, 0.3) is 11.0 Å². The number of ketones is 1. The van der Waals surface area contributed by atoms with E-state index in [-0.39, 0.29) is 5.78 Å². The number of carbonyl (C=O) groups is 1. The average Bonchev–Trinajstić information content (AvgIpc) is 2.59. The van der Waals surface area contributed by atoms with Crippen LogP contribution in [0.4, 0.5) is 0 Å². The molecular weight excluding hydrogens is 180 g/mol. The first-order valence-electron chi connectivity index (χ1n) is 4.24. The summed E-state index contributed by atoms with van der Waals surface area (Å²) >= 11 is 0. The molecule has 0 aliphatic carbocycles. The lowest BCUT2D eigenvalue weighted by Gasteiger charge is -1.98. The van der Waals surface area contributed by atoms with Crippen LogP contribution in [0.2, 0.25) is 0 Å². The van der Waals surface area contributed by atoms with Crippen LogP contribution in [0.5, 0.6) is 5.75 Å². The van der Waals surface area contributed by atoms with Crippen molar-refractivity contribution in [1.29, 1.82) is 0 Å². The van der Waals surface area contributed by atoms with Crippen molar-refractivity contribution in [2.24, 2.45) is 0 Å². The van der Waals surface area contributed by atoms with Gasteiger partial charge in [-0.15, -0.1) is 0 Å². The molecule has 14 heavy (non-hydrogen) atoms. The molecule has 0 unspecified atom stereocenters. The molecular formula is C10H10N2O2. The molecule has 0 aliphatic heterocycles. The Kier molecular flexibility index (Phi) is 1.96. The van der Waals surface area contributed by atoms with E-state index in [1.54, 1.807) is 25.6 Å². The summed E-state index contributed by atoms with van der Waals surface area (Å²) in [5.41, 5.74) is 1.35. The van der Waals surface area contributed by atoms with Crippen LogP contribution in [0.1, 0.15) is 17.3 Å². The molecule has 0 saturated carbocycles. The number of aromatic nitrogens is 2. The number of fused-ring (bicyclic) bond motifs is 1. The molecule has 0 amide bonds. The maximum absolute atomic E-state index is 11.2. The van der Waals surface area contributed by atoms with Crippen LogP contribution in [0, 0.1) is 0 Å². The number of methoxy groups -OCH3 is 1. The van der Waals surface area contributed by atoms with Gasteiger partial charge in [-0.2, -0.15) is 0 Å². The van der Waals surface area contributed by atoms with Crippen LogP contribution < -0.4 is 4.74 Å². The highest BCUT2D eigenvalue weighted by Gasteiger charge is 2.09. The van der Waals surface area contributed by atoms with Crippen molar-refractivity contribution < 1.29 is 9.53 Å². The quantitative estimate of drug-likeness (QED) is 0.734. The van der Waals surface area contributed by atoms with Crippen molar-refractivity contribution in [2.75, 3.05) is 7.11 Å². The molecule has 1 N–H and O–H groups in total. The lowest BCUT2D eigenvalue weighted by Crippen LogP contribution is -1.90. The number of nitrogens with one attached hydrogen (secondary N) is 1. The Labute approximate surface area is 80.9 Å². The fourth-order valence-corrected chi connectivity index (χ4v) is 1.39. The molecule has 0 aromatic carbocycles. The normalized spacial score (nSPS) is 10.4. The zero-order chi connectivity index (χ0) is 10.1. The molecule has 2 aromatic rings. The molecule has 0 fully saturated rings. The van der Waals surface area contributed by atoms with Gasteiger partial charge in [-0.1, -0.05) is 0 Å². The van der Waals surface area contributed by atoms with Crippen LogP contribution in [0.3, 0.4) is 0 Å².